The quantitative estimate of drug-likeness (QED) is 0.544. The largest absolute Gasteiger partial charge is 0.493 e. The molecule has 0 saturated heterocycles. The van der Waals surface area contributed by atoms with Crippen molar-refractivity contribution in [3.8, 4) is 16.9 Å². The summed E-state index contributed by atoms with van der Waals surface area (Å²) in [5.74, 6) is 1.60. The molecule has 0 amide bonds. The predicted molar refractivity (Wildman–Crippen MR) is 90.7 cm³/mol. The van der Waals surface area contributed by atoms with Gasteiger partial charge in [0.1, 0.15) is 5.75 Å². The Morgan fingerprint density at radius 3 is 2.38 bits per heavy atom. The maximum atomic E-state index is 6.08. The Labute approximate surface area is 129 Å². The first-order valence-corrected chi connectivity index (χ1v) is 8.08. The lowest BCUT2D eigenvalue weighted by atomic mass is 10.0. The summed E-state index contributed by atoms with van der Waals surface area (Å²) in [4.78, 5) is 0. The van der Waals surface area contributed by atoms with Gasteiger partial charge >= 0.3 is 0 Å². The topological polar surface area (TPSA) is 9.23 Å². The van der Waals surface area contributed by atoms with Crippen LogP contribution < -0.4 is 4.74 Å². The summed E-state index contributed by atoms with van der Waals surface area (Å²) in [6.45, 7) is 5.33. The highest BCUT2D eigenvalue weighted by atomic mass is 16.5. The Hall–Kier alpha value is -1.76. The number of ether oxygens (including phenoxy) is 1. The monoisotopic (exact) mass is 282 g/mol. The summed E-state index contributed by atoms with van der Waals surface area (Å²) in [6, 6.07) is 18.8. The lowest BCUT2D eigenvalue weighted by Gasteiger charge is -2.15. The second kappa shape index (κ2) is 8.51. The fraction of sp³-hybridized carbons (Fsp3) is 0.400. The Balaban J connectivity index is 1.98. The van der Waals surface area contributed by atoms with Gasteiger partial charge < -0.3 is 4.74 Å². The lowest BCUT2D eigenvalue weighted by Crippen LogP contribution is -2.09. The molecule has 0 fully saturated rings. The van der Waals surface area contributed by atoms with Gasteiger partial charge in [-0.1, -0.05) is 81.6 Å². The fourth-order valence-corrected chi connectivity index (χ4v) is 2.51. The van der Waals surface area contributed by atoms with E-state index in [0.29, 0.717) is 5.92 Å². The van der Waals surface area contributed by atoms with Crippen molar-refractivity contribution >= 4 is 0 Å². The molecule has 1 atom stereocenters. The minimum absolute atomic E-state index is 0.611. The molecule has 0 bridgehead atoms. The molecule has 0 radical (unpaired) electrons. The molecule has 112 valence electrons. The minimum atomic E-state index is 0.611. The molecule has 1 nitrogen and oxygen atoms in total. The molecule has 0 aliphatic heterocycles. The number of unbranched alkanes of at least 4 members (excludes halogenated alkanes) is 2. The Bertz CT molecular complexity index is 518. The molecule has 0 heterocycles. The van der Waals surface area contributed by atoms with Crippen LogP contribution in [0.2, 0.25) is 0 Å². The van der Waals surface area contributed by atoms with E-state index in [0.717, 1.165) is 12.4 Å². The van der Waals surface area contributed by atoms with Gasteiger partial charge in [0.25, 0.3) is 0 Å². The van der Waals surface area contributed by atoms with Crippen LogP contribution in [0.4, 0.5) is 0 Å². The molecule has 0 aliphatic rings. The number of para-hydroxylation sites is 1. The van der Waals surface area contributed by atoms with Gasteiger partial charge in [-0.05, 0) is 24.0 Å². The second-order valence-electron chi connectivity index (χ2n) is 5.77. The van der Waals surface area contributed by atoms with Crippen LogP contribution in [-0.4, -0.2) is 6.61 Å². The van der Waals surface area contributed by atoms with E-state index in [2.05, 4.69) is 56.3 Å². The van der Waals surface area contributed by atoms with Crippen molar-refractivity contribution in [1.29, 1.82) is 0 Å². The summed E-state index contributed by atoms with van der Waals surface area (Å²) >= 11 is 0. The van der Waals surface area contributed by atoms with E-state index in [4.69, 9.17) is 4.74 Å². The average Bonchev–Trinajstić information content (AvgIpc) is 2.54. The SMILES string of the molecule is CCCCCC(C)COc1ccccc1-c1ccccc1. The van der Waals surface area contributed by atoms with Crippen molar-refractivity contribution < 1.29 is 4.74 Å². The number of benzene rings is 2. The van der Waals surface area contributed by atoms with Gasteiger partial charge in [-0.2, -0.15) is 0 Å². The molecule has 0 spiro atoms. The maximum Gasteiger partial charge on any atom is 0.127 e. The van der Waals surface area contributed by atoms with Crippen molar-refractivity contribution in [2.45, 2.75) is 39.5 Å². The van der Waals surface area contributed by atoms with Crippen molar-refractivity contribution in [2.24, 2.45) is 5.92 Å². The lowest BCUT2D eigenvalue weighted by molar-refractivity contribution is 0.250. The molecule has 1 heteroatoms. The predicted octanol–water partition coefficient (Wildman–Crippen LogP) is 5.95. The first-order chi connectivity index (χ1) is 10.3. The van der Waals surface area contributed by atoms with Crippen molar-refractivity contribution in [3.63, 3.8) is 0 Å². The van der Waals surface area contributed by atoms with E-state index in [1.807, 2.05) is 12.1 Å². The van der Waals surface area contributed by atoms with E-state index < -0.39 is 0 Å². The van der Waals surface area contributed by atoms with E-state index in [9.17, 15) is 0 Å². The van der Waals surface area contributed by atoms with Crippen LogP contribution in [0, 0.1) is 5.92 Å². The van der Waals surface area contributed by atoms with E-state index in [-0.39, 0.29) is 0 Å². The molecular formula is C20H26O. The fourth-order valence-electron chi connectivity index (χ4n) is 2.51. The number of rotatable bonds is 8. The first-order valence-electron chi connectivity index (χ1n) is 8.08. The third-order valence-corrected chi connectivity index (χ3v) is 3.80. The minimum Gasteiger partial charge on any atom is -0.493 e. The summed E-state index contributed by atoms with van der Waals surface area (Å²) in [6.07, 6.45) is 5.16. The van der Waals surface area contributed by atoms with E-state index in [1.165, 1.54) is 36.8 Å². The highest BCUT2D eigenvalue weighted by Crippen LogP contribution is 2.30. The molecular weight excluding hydrogens is 256 g/mol. The zero-order chi connectivity index (χ0) is 14.9. The summed E-state index contributed by atoms with van der Waals surface area (Å²) in [5, 5.41) is 0. The van der Waals surface area contributed by atoms with Gasteiger partial charge in [-0.25, -0.2) is 0 Å². The zero-order valence-corrected chi connectivity index (χ0v) is 13.2. The molecule has 21 heavy (non-hydrogen) atoms. The van der Waals surface area contributed by atoms with Crippen LogP contribution in [-0.2, 0) is 0 Å². The molecule has 2 aromatic rings. The highest BCUT2D eigenvalue weighted by molar-refractivity contribution is 5.70. The van der Waals surface area contributed by atoms with Gasteiger partial charge in [-0.15, -0.1) is 0 Å². The van der Waals surface area contributed by atoms with Crippen LogP contribution in [0.15, 0.2) is 54.6 Å². The van der Waals surface area contributed by atoms with Crippen LogP contribution in [0.1, 0.15) is 39.5 Å². The van der Waals surface area contributed by atoms with Gasteiger partial charge in [0.05, 0.1) is 6.61 Å². The van der Waals surface area contributed by atoms with Crippen LogP contribution in [0.5, 0.6) is 5.75 Å². The smallest absolute Gasteiger partial charge is 0.127 e. The van der Waals surface area contributed by atoms with Crippen molar-refractivity contribution in [2.75, 3.05) is 6.61 Å². The van der Waals surface area contributed by atoms with Crippen LogP contribution >= 0.6 is 0 Å². The maximum absolute atomic E-state index is 6.08. The van der Waals surface area contributed by atoms with E-state index >= 15 is 0 Å². The van der Waals surface area contributed by atoms with Gasteiger partial charge in [0.2, 0.25) is 0 Å². The molecule has 0 aromatic heterocycles. The molecule has 2 rings (SSSR count). The second-order valence-corrected chi connectivity index (χ2v) is 5.77. The Morgan fingerprint density at radius 2 is 1.62 bits per heavy atom. The van der Waals surface area contributed by atoms with Crippen molar-refractivity contribution in [1.82, 2.24) is 0 Å². The normalized spacial score (nSPS) is 12.1. The summed E-state index contributed by atoms with van der Waals surface area (Å²) < 4.78 is 6.08. The van der Waals surface area contributed by atoms with Gasteiger partial charge in [-0.3, -0.25) is 0 Å². The molecule has 0 N–H and O–H groups in total. The Kier molecular flexibility index (Phi) is 6.33. The summed E-state index contributed by atoms with van der Waals surface area (Å²) in [7, 11) is 0. The average molecular weight is 282 g/mol. The number of hydrogen-bond acceptors (Lipinski definition) is 1. The standard InChI is InChI=1S/C20H26O/c1-3-4-6-11-17(2)16-21-20-15-10-9-14-19(20)18-12-7-5-8-13-18/h5,7-10,12-15,17H,3-4,6,11,16H2,1-2H3. The number of hydrogen-bond donors (Lipinski definition) is 0. The van der Waals surface area contributed by atoms with Crippen LogP contribution in [0.25, 0.3) is 11.1 Å². The zero-order valence-electron chi connectivity index (χ0n) is 13.2. The molecule has 1 unspecified atom stereocenters. The summed E-state index contributed by atoms with van der Waals surface area (Å²) in [5.41, 5.74) is 2.39. The third-order valence-electron chi connectivity index (χ3n) is 3.80. The first kappa shape index (κ1) is 15.6. The van der Waals surface area contributed by atoms with E-state index in [1.54, 1.807) is 0 Å². The highest BCUT2D eigenvalue weighted by Gasteiger charge is 2.08. The van der Waals surface area contributed by atoms with Crippen molar-refractivity contribution in [3.05, 3.63) is 54.6 Å². The molecule has 0 aliphatic carbocycles. The third kappa shape index (κ3) is 4.93. The molecule has 2 aromatic carbocycles. The van der Waals surface area contributed by atoms with Gasteiger partial charge in [0, 0.05) is 5.56 Å². The van der Waals surface area contributed by atoms with Gasteiger partial charge in [0.15, 0.2) is 0 Å². The molecule has 0 saturated carbocycles. The van der Waals surface area contributed by atoms with Crippen LogP contribution in [0.3, 0.4) is 0 Å². The Morgan fingerprint density at radius 1 is 0.905 bits per heavy atom.